The van der Waals surface area contributed by atoms with Gasteiger partial charge in [-0.2, -0.15) is 0 Å². The van der Waals surface area contributed by atoms with Crippen molar-refractivity contribution in [1.82, 2.24) is 0 Å². The van der Waals surface area contributed by atoms with Gasteiger partial charge in [0.05, 0.1) is 20.0 Å². The summed E-state index contributed by atoms with van der Waals surface area (Å²) in [5, 5.41) is 0. The molecule has 0 amide bonds. The second-order valence-corrected chi connectivity index (χ2v) is 7.69. The molecule has 4 heteroatoms. The lowest BCUT2D eigenvalue weighted by Gasteiger charge is -2.29. The first-order valence-electron chi connectivity index (χ1n) is 9.49. The predicted molar refractivity (Wildman–Crippen MR) is 107 cm³/mol. The van der Waals surface area contributed by atoms with Gasteiger partial charge < -0.3 is 9.22 Å². The van der Waals surface area contributed by atoms with Gasteiger partial charge in [-0.3, -0.25) is 9.59 Å². The summed E-state index contributed by atoms with van der Waals surface area (Å²) in [6.07, 6.45) is 0.797. The van der Waals surface area contributed by atoms with E-state index < -0.39 is 0 Å². The zero-order valence-corrected chi connectivity index (χ0v) is 16.8. The molecule has 0 heterocycles. The monoisotopic (exact) mass is 368 g/mol. The third-order valence-electron chi connectivity index (χ3n) is 4.82. The molecule has 1 atom stereocenters. The molecule has 0 fully saturated rings. The fourth-order valence-corrected chi connectivity index (χ4v) is 2.79. The molecule has 2 aromatic carbocycles. The second kappa shape index (κ2) is 9.47. The Bertz CT molecular complexity index is 751. The zero-order chi connectivity index (χ0) is 19.9. The van der Waals surface area contributed by atoms with Gasteiger partial charge in [0.25, 0.3) is 0 Å². The Hall–Kier alpha value is -2.46. The number of benzene rings is 2. The van der Waals surface area contributed by atoms with Crippen LogP contribution in [0.4, 0.5) is 0 Å². The minimum Gasteiger partial charge on any atom is -0.459 e. The first kappa shape index (κ1) is 20.8. The van der Waals surface area contributed by atoms with Crippen molar-refractivity contribution in [2.75, 3.05) is 27.2 Å². The lowest BCUT2D eigenvalue weighted by molar-refractivity contribution is -0.903. The quantitative estimate of drug-likeness (QED) is 0.380. The maximum Gasteiger partial charge on any atom is 0.308 e. The highest BCUT2D eigenvalue weighted by atomic mass is 16.5. The van der Waals surface area contributed by atoms with Crippen molar-refractivity contribution < 1.29 is 18.8 Å². The number of quaternary nitrogens is 1. The number of carbonyl (C=O) groups excluding carboxylic acids is 2. The zero-order valence-electron chi connectivity index (χ0n) is 16.8. The summed E-state index contributed by atoms with van der Waals surface area (Å²) < 4.78 is 6.08. The molecule has 0 aromatic heterocycles. The van der Waals surface area contributed by atoms with Crippen molar-refractivity contribution in [1.29, 1.82) is 0 Å². The molecule has 2 aromatic rings. The summed E-state index contributed by atoms with van der Waals surface area (Å²) in [6, 6.07) is 17.1. The highest BCUT2D eigenvalue weighted by Gasteiger charge is 2.19. The fraction of sp³-hybridized carbons (Fsp3) is 0.391. The molecule has 144 valence electrons. The van der Waals surface area contributed by atoms with Crippen LogP contribution in [-0.4, -0.2) is 43.5 Å². The first-order valence-corrected chi connectivity index (χ1v) is 9.49. The van der Waals surface area contributed by atoms with Gasteiger partial charge in [0.1, 0.15) is 19.7 Å². The van der Waals surface area contributed by atoms with Crippen LogP contribution < -0.4 is 0 Å². The van der Waals surface area contributed by atoms with Gasteiger partial charge in [0.2, 0.25) is 0 Å². The van der Waals surface area contributed by atoms with E-state index in [-0.39, 0.29) is 17.7 Å². The Kier molecular flexibility index (Phi) is 7.31. The van der Waals surface area contributed by atoms with E-state index in [1.165, 1.54) is 0 Å². The summed E-state index contributed by atoms with van der Waals surface area (Å²) in [5.74, 6) is -0.135. The van der Waals surface area contributed by atoms with Crippen molar-refractivity contribution in [2.45, 2.75) is 26.8 Å². The van der Waals surface area contributed by atoms with E-state index in [1.54, 1.807) is 0 Å². The lowest BCUT2D eigenvalue weighted by atomic mass is 10.0. The van der Waals surface area contributed by atoms with E-state index in [4.69, 9.17) is 4.74 Å². The van der Waals surface area contributed by atoms with Crippen molar-refractivity contribution in [3.63, 3.8) is 0 Å². The van der Waals surface area contributed by atoms with Crippen LogP contribution in [0.15, 0.2) is 54.6 Å². The second-order valence-electron chi connectivity index (χ2n) is 7.69. The number of nitrogens with zero attached hydrogens (tertiary/aromatic N) is 1. The molecule has 0 spiro atoms. The Morgan fingerprint density at radius 1 is 0.963 bits per heavy atom. The molecular weight excluding hydrogens is 338 g/mol. The van der Waals surface area contributed by atoms with Crippen molar-refractivity contribution in [2.24, 2.45) is 5.92 Å². The summed E-state index contributed by atoms with van der Waals surface area (Å²) in [7, 11) is 4.22. The smallest absolute Gasteiger partial charge is 0.308 e. The Morgan fingerprint density at radius 3 is 2.15 bits per heavy atom. The summed E-state index contributed by atoms with van der Waals surface area (Å²) in [4.78, 5) is 24.3. The maximum absolute atomic E-state index is 12.5. The van der Waals surface area contributed by atoms with E-state index in [0.717, 1.165) is 25.1 Å². The molecule has 2 rings (SSSR count). The van der Waals surface area contributed by atoms with Crippen LogP contribution in [0.25, 0.3) is 0 Å². The standard InChI is InChI=1S/C23H30NO3/c1-5-18(2)23(26)27-16-15-24(3,4)17-19-11-13-21(14-12-19)22(25)20-9-7-6-8-10-20/h6-14,18H,5,15-17H2,1-4H3/q+1. The predicted octanol–water partition coefficient (Wildman–Crippen LogP) is 4.08. The number of likely N-dealkylation sites (N-methyl/N-ethyl adjacent to an activating group) is 1. The SMILES string of the molecule is CCC(C)C(=O)OCC[N+](C)(C)Cc1ccc(C(=O)c2ccccc2)cc1. The maximum atomic E-state index is 12.5. The molecule has 0 radical (unpaired) electrons. The normalized spacial score (nSPS) is 12.4. The third-order valence-corrected chi connectivity index (χ3v) is 4.82. The fourth-order valence-electron chi connectivity index (χ4n) is 2.79. The Morgan fingerprint density at radius 2 is 1.56 bits per heavy atom. The number of hydrogen-bond donors (Lipinski definition) is 0. The van der Waals surface area contributed by atoms with Gasteiger partial charge in [-0.15, -0.1) is 0 Å². The summed E-state index contributed by atoms with van der Waals surface area (Å²) in [5.41, 5.74) is 2.54. The number of hydrogen-bond acceptors (Lipinski definition) is 3. The summed E-state index contributed by atoms with van der Waals surface area (Å²) in [6.45, 7) is 5.84. The van der Waals surface area contributed by atoms with Gasteiger partial charge >= 0.3 is 5.97 Å². The van der Waals surface area contributed by atoms with Crippen LogP contribution in [0, 0.1) is 5.92 Å². The minimum atomic E-state index is -0.124. The molecule has 0 aliphatic carbocycles. The van der Waals surface area contributed by atoms with Crippen molar-refractivity contribution in [3.05, 3.63) is 71.3 Å². The van der Waals surface area contributed by atoms with Gasteiger partial charge in [0, 0.05) is 16.7 Å². The number of carbonyl (C=O) groups is 2. The topological polar surface area (TPSA) is 43.4 Å². The number of rotatable bonds is 9. The van der Waals surface area contributed by atoms with Crippen LogP contribution >= 0.6 is 0 Å². The number of ketones is 1. The molecule has 4 nitrogen and oxygen atoms in total. The summed E-state index contributed by atoms with van der Waals surface area (Å²) >= 11 is 0. The molecule has 0 aliphatic rings. The van der Waals surface area contributed by atoms with E-state index in [2.05, 4.69) is 14.1 Å². The van der Waals surface area contributed by atoms with Crippen LogP contribution in [-0.2, 0) is 16.1 Å². The van der Waals surface area contributed by atoms with Gasteiger partial charge in [-0.05, 0) is 6.42 Å². The third kappa shape index (κ3) is 6.33. The molecule has 0 saturated carbocycles. The van der Waals surface area contributed by atoms with Crippen molar-refractivity contribution in [3.8, 4) is 0 Å². The average molecular weight is 368 g/mol. The van der Waals surface area contributed by atoms with Crippen molar-refractivity contribution >= 4 is 11.8 Å². The Labute approximate surface area is 162 Å². The molecule has 27 heavy (non-hydrogen) atoms. The molecular formula is C23H30NO3+. The number of esters is 1. The molecule has 0 aliphatic heterocycles. The number of ether oxygens (including phenoxy) is 1. The molecule has 0 saturated heterocycles. The highest BCUT2D eigenvalue weighted by molar-refractivity contribution is 6.08. The van der Waals surface area contributed by atoms with E-state index in [9.17, 15) is 9.59 Å². The highest BCUT2D eigenvalue weighted by Crippen LogP contribution is 2.14. The van der Waals surface area contributed by atoms with Crippen LogP contribution in [0.5, 0.6) is 0 Å². The van der Waals surface area contributed by atoms with Gasteiger partial charge in [-0.1, -0.05) is 68.4 Å². The molecule has 0 N–H and O–H groups in total. The van der Waals surface area contributed by atoms with Crippen LogP contribution in [0.1, 0.15) is 41.8 Å². The van der Waals surface area contributed by atoms with Crippen LogP contribution in [0.3, 0.4) is 0 Å². The van der Waals surface area contributed by atoms with E-state index in [1.807, 2.05) is 68.4 Å². The van der Waals surface area contributed by atoms with Gasteiger partial charge in [0.15, 0.2) is 5.78 Å². The largest absolute Gasteiger partial charge is 0.459 e. The van der Waals surface area contributed by atoms with E-state index >= 15 is 0 Å². The van der Waals surface area contributed by atoms with Gasteiger partial charge in [-0.25, -0.2) is 0 Å². The first-order chi connectivity index (χ1) is 12.8. The minimum absolute atomic E-state index is 0.0351. The van der Waals surface area contributed by atoms with E-state index in [0.29, 0.717) is 22.2 Å². The molecule has 1 unspecified atom stereocenters. The Balaban J connectivity index is 1.91. The van der Waals surface area contributed by atoms with Crippen LogP contribution in [0.2, 0.25) is 0 Å². The lowest BCUT2D eigenvalue weighted by Crippen LogP contribution is -2.42. The average Bonchev–Trinajstić information content (AvgIpc) is 2.67. The molecule has 0 bridgehead atoms.